The molecule has 0 bridgehead atoms. The summed E-state index contributed by atoms with van der Waals surface area (Å²) in [6, 6.07) is 14.2. The van der Waals surface area contributed by atoms with Crippen molar-refractivity contribution in [2.75, 3.05) is 0 Å². The number of nitrogens with one attached hydrogen (secondary N) is 1. The maximum absolute atomic E-state index is 11.2. The van der Waals surface area contributed by atoms with Crippen LogP contribution in [0.1, 0.15) is 11.1 Å². The van der Waals surface area contributed by atoms with Crippen molar-refractivity contribution in [1.82, 2.24) is 15.3 Å². The Labute approximate surface area is 154 Å². The third-order valence-corrected chi connectivity index (χ3v) is 3.79. The van der Waals surface area contributed by atoms with E-state index in [-0.39, 0.29) is 6.61 Å². The Morgan fingerprint density at radius 3 is 2.73 bits per heavy atom. The smallest absolute Gasteiger partial charge is 0.436 e. The molecule has 0 aliphatic heterocycles. The molecule has 1 amide bonds. The van der Waals surface area contributed by atoms with Crippen LogP contribution in [0.25, 0.3) is 5.69 Å². The molecule has 26 heavy (non-hydrogen) atoms. The van der Waals surface area contributed by atoms with Gasteiger partial charge in [-0.3, -0.25) is 5.21 Å². The topological polar surface area (TPSA) is 85.6 Å². The minimum atomic E-state index is -0.970. The highest BCUT2D eigenvalue weighted by Gasteiger charge is 2.11. The van der Waals surface area contributed by atoms with Gasteiger partial charge < -0.3 is 9.47 Å². The highest BCUT2D eigenvalue weighted by Crippen LogP contribution is 2.22. The van der Waals surface area contributed by atoms with Crippen LogP contribution in [-0.4, -0.2) is 21.1 Å². The van der Waals surface area contributed by atoms with E-state index in [4.69, 9.17) is 26.3 Å². The first-order chi connectivity index (χ1) is 12.5. The van der Waals surface area contributed by atoms with Crippen molar-refractivity contribution in [3.63, 3.8) is 0 Å². The molecule has 0 spiro atoms. The molecular weight excluding hydrogens is 358 g/mol. The number of benzene rings is 2. The van der Waals surface area contributed by atoms with Crippen LogP contribution >= 0.6 is 11.6 Å². The number of hydroxylamine groups is 1. The van der Waals surface area contributed by atoms with Crippen LogP contribution in [0.4, 0.5) is 4.79 Å². The van der Waals surface area contributed by atoms with E-state index in [1.54, 1.807) is 41.2 Å². The van der Waals surface area contributed by atoms with Crippen LogP contribution in [-0.2, 0) is 6.61 Å². The average Bonchev–Trinajstić information content (AvgIpc) is 3.11. The molecule has 3 aromatic rings. The van der Waals surface area contributed by atoms with Gasteiger partial charge in [-0.05, 0) is 43.3 Å². The van der Waals surface area contributed by atoms with Gasteiger partial charge in [0.1, 0.15) is 12.4 Å². The Morgan fingerprint density at radius 2 is 2.00 bits per heavy atom. The van der Waals surface area contributed by atoms with Gasteiger partial charge in [0.15, 0.2) is 0 Å². The SMILES string of the molecule is Cc1ccc(OC(=O)NO)c(COc2ccn(-c3ccc(Cl)cc3)n2)c1. The first-order valence-corrected chi connectivity index (χ1v) is 8.09. The van der Waals surface area contributed by atoms with Crippen molar-refractivity contribution in [2.24, 2.45) is 0 Å². The Bertz CT molecular complexity index is 909. The molecule has 0 fully saturated rings. The van der Waals surface area contributed by atoms with Crippen molar-refractivity contribution in [1.29, 1.82) is 0 Å². The zero-order valence-corrected chi connectivity index (χ0v) is 14.6. The van der Waals surface area contributed by atoms with Crippen molar-refractivity contribution in [3.05, 3.63) is 70.9 Å². The lowest BCUT2D eigenvalue weighted by Gasteiger charge is -2.10. The highest BCUT2D eigenvalue weighted by atomic mass is 35.5. The summed E-state index contributed by atoms with van der Waals surface area (Å²) in [5.74, 6) is 0.707. The van der Waals surface area contributed by atoms with Crippen molar-refractivity contribution >= 4 is 17.7 Å². The minimum absolute atomic E-state index is 0.146. The van der Waals surface area contributed by atoms with Gasteiger partial charge in [-0.1, -0.05) is 23.2 Å². The van der Waals surface area contributed by atoms with Crippen LogP contribution in [0.5, 0.6) is 11.6 Å². The molecule has 1 heterocycles. The third kappa shape index (κ3) is 4.33. The Morgan fingerprint density at radius 1 is 1.23 bits per heavy atom. The molecule has 7 nitrogen and oxygen atoms in total. The number of ether oxygens (including phenoxy) is 2. The molecule has 0 aliphatic rings. The van der Waals surface area contributed by atoms with Crippen molar-refractivity contribution in [3.8, 4) is 17.3 Å². The first kappa shape index (κ1) is 17.8. The molecule has 0 atom stereocenters. The first-order valence-electron chi connectivity index (χ1n) is 7.71. The summed E-state index contributed by atoms with van der Waals surface area (Å²) in [7, 11) is 0. The number of aromatic nitrogens is 2. The second kappa shape index (κ2) is 7.90. The van der Waals surface area contributed by atoms with Gasteiger partial charge in [0.05, 0.1) is 5.69 Å². The fourth-order valence-corrected chi connectivity index (χ4v) is 2.44. The number of hydrogen-bond donors (Lipinski definition) is 2. The summed E-state index contributed by atoms with van der Waals surface area (Å²) in [6.45, 7) is 2.06. The number of halogens is 1. The summed E-state index contributed by atoms with van der Waals surface area (Å²) in [5, 5.41) is 13.6. The number of rotatable bonds is 5. The van der Waals surface area contributed by atoms with Gasteiger partial charge in [-0.2, -0.15) is 0 Å². The number of carbonyl (C=O) groups excluding carboxylic acids is 1. The molecule has 0 saturated heterocycles. The Hall–Kier alpha value is -3.03. The van der Waals surface area contributed by atoms with E-state index in [1.165, 1.54) is 5.48 Å². The normalized spacial score (nSPS) is 10.4. The van der Waals surface area contributed by atoms with E-state index in [0.717, 1.165) is 11.3 Å². The molecular formula is C18H16ClN3O4. The van der Waals surface area contributed by atoms with Gasteiger partial charge in [0, 0.05) is 22.8 Å². The van der Waals surface area contributed by atoms with Crippen LogP contribution in [0.2, 0.25) is 5.02 Å². The quantitative estimate of drug-likeness (QED) is 0.523. The van der Waals surface area contributed by atoms with Crippen LogP contribution in [0.15, 0.2) is 54.7 Å². The maximum atomic E-state index is 11.2. The summed E-state index contributed by atoms with van der Waals surface area (Å²) < 4.78 is 12.4. The van der Waals surface area contributed by atoms with Crippen molar-refractivity contribution < 1.29 is 19.5 Å². The lowest BCUT2D eigenvalue weighted by molar-refractivity contribution is 0.127. The van der Waals surface area contributed by atoms with E-state index in [0.29, 0.717) is 22.2 Å². The number of hydrogen-bond acceptors (Lipinski definition) is 5. The molecule has 8 heteroatoms. The molecule has 3 rings (SSSR count). The number of carbonyl (C=O) groups is 1. The van der Waals surface area contributed by atoms with E-state index in [1.807, 2.05) is 25.1 Å². The van der Waals surface area contributed by atoms with E-state index in [9.17, 15) is 4.79 Å². The van der Waals surface area contributed by atoms with Crippen LogP contribution in [0.3, 0.4) is 0 Å². The van der Waals surface area contributed by atoms with Crippen LogP contribution in [0, 0.1) is 6.92 Å². The molecule has 0 saturated carbocycles. The van der Waals surface area contributed by atoms with Crippen LogP contribution < -0.4 is 15.0 Å². The second-order valence-electron chi connectivity index (χ2n) is 5.48. The predicted molar refractivity (Wildman–Crippen MR) is 95.0 cm³/mol. The summed E-state index contributed by atoms with van der Waals surface area (Å²) >= 11 is 5.89. The lowest BCUT2D eigenvalue weighted by Crippen LogP contribution is -2.23. The molecule has 2 N–H and O–H groups in total. The highest BCUT2D eigenvalue weighted by molar-refractivity contribution is 6.30. The Kier molecular flexibility index (Phi) is 5.40. The summed E-state index contributed by atoms with van der Waals surface area (Å²) in [5.41, 5.74) is 3.90. The third-order valence-electron chi connectivity index (χ3n) is 3.54. The molecule has 0 aliphatic carbocycles. The fourth-order valence-electron chi connectivity index (χ4n) is 2.32. The van der Waals surface area contributed by atoms with E-state index in [2.05, 4.69) is 5.10 Å². The molecule has 1 aromatic heterocycles. The summed E-state index contributed by atoms with van der Waals surface area (Å²) in [4.78, 5) is 11.2. The summed E-state index contributed by atoms with van der Waals surface area (Å²) in [6.07, 6.45) is 0.799. The van der Waals surface area contributed by atoms with E-state index >= 15 is 0 Å². The maximum Gasteiger partial charge on any atom is 0.436 e. The van der Waals surface area contributed by atoms with Gasteiger partial charge in [0.2, 0.25) is 5.88 Å². The largest absolute Gasteiger partial charge is 0.472 e. The van der Waals surface area contributed by atoms with Gasteiger partial charge in [-0.25, -0.2) is 15.0 Å². The molecule has 0 radical (unpaired) electrons. The average molecular weight is 374 g/mol. The van der Waals surface area contributed by atoms with Gasteiger partial charge in [0.25, 0.3) is 0 Å². The molecule has 134 valence electrons. The number of aryl methyl sites for hydroxylation is 1. The number of amides is 1. The second-order valence-corrected chi connectivity index (χ2v) is 5.91. The monoisotopic (exact) mass is 373 g/mol. The number of nitrogens with zero attached hydrogens (tertiary/aromatic N) is 2. The van der Waals surface area contributed by atoms with Gasteiger partial charge in [-0.15, -0.1) is 5.10 Å². The minimum Gasteiger partial charge on any atom is -0.472 e. The van der Waals surface area contributed by atoms with Crippen molar-refractivity contribution in [2.45, 2.75) is 13.5 Å². The van der Waals surface area contributed by atoms with E-state index < -0.39 is 6.09 Å². The fraction of sp³-hybridized carbons (Fsp3) is 0.111. The zero-order chi connectivity index (χ0) is 18.5. The predicted octanol–water partition coefficient (Wildman–Crippen LogP) is 3.89. The molecule has 0 unspecified atom stereocenters. The molecule has 2 aromatic carbocycles. The zero-order valence-electron chi connectivity index (χ0n) is 13.8. The lowest BCUT2D eigenvalue weighted by atomic mass is 10.1. The van der Waals surface area contributed by atoms with Gasteiger partial charge >= 0.3 is 6.09 Å². The Balaban J connectivity index is 1.72. The standard InChI is InChI=1S/C18H16ClN3O4/c1-12-2-7-16(26-18(23)21-24)13(10-12)11-25-17-8-9-22(20-17)15-5-3-14(19)4-6-15/h2-10,24H,11H2,1H3,(H,21,23).